The van der Waals surface area contributed by atoms with Gasteiger partial charge in [-0.3, -0.25) is 9.59 Å². The molecule has 150 valence electrons. The van der Waals surface area contributed by atoms with Gasteiger partial charge in [0, 0.05) is 17.7 Å². The molecule has 2 aromatic heterocycles. The Morgan fingerprint density at radius 2 is 2.03 bits per heavy atom. The highest BCUT2D eigenvalue weighted by atomic mass is 32.1. The number of nitrogens with one attached hydrogen (secondary N) is 1. The summed E-state index contributed by atoms with van der Waals surface area (Å²) in [7, 11) is 0. The lowest BCUT2D eigenvalue weighted by Crippen LogP contribution is -2.40. The Kier molecular flexibility index (Phi) is 5.62. The van der Waals surface area contributed by atoms with Gasteiger partial charge in [-0.1, -0.05) is 13.0 Å². The van der Waals surface area contributed by atoms with Crippen molar-refractivity contribution in [3.8, 4) is 22.1 Å². The molecular weight excluding hydrogens is 390 g/mol. The molecule has 0 aliphatic carbocycles. The average molecular weight is 411 g/mol. The summed E-state index contributed by atoms with van der Waals surface area (Å²) in [5.41, 5.74) is 1.03. The van der Waals surface area contributed by atoms with Crippen molar-refractivity contribution in [1.29, 1.82) is 0 Å². The fourth-order valence-corrected chi connectivity index (χ4v) is 3.76. The number of fused-ring (bicyclic) bond motifs is 1. The number of nitrogens with zero attached hydrogens (tertiary/aromatic N) is 2. The van der Waals surface area contributed by atoms with Gasteiger partial charge in [0.25, 0.3) is 11.5 Å². The summed E-state index contributed by atoms with van der Waals surface area (Å²) in [6, 6.07) is 12.0. The summed E-state index contributed by atoms with van der Waals surface area (Å²) in [6.45, 7) is 3.22. The van der Waals surface area contributed by atoms with Gasteiger partial charge in [-0.05, 0) is 42.1 Å². The summed E-state index contributed by atoms with van der Waals surface area (Å²) in [5, 5.41) is 9.42. The number of carbonyl (C=O) groups excluding carboxylic acids is 1. The van der Waals surface area contributed by atoms with Gasteiger partial charge in [-0.2, -0.15) is 5.10 Å². The number of carbonyl (C=O) groups is 1. The van der Waals surface area contributed by atoms with Crippen LogP contribution in [-0.2, 0) is 6.54 Å². The van der Waals surface area contributed by atoms with E-state index in [-0.39, 0.29) is 17.5 Å². The number of hydrogen-bond acceptors (Lipinski definition) is 6. The predicted molar refractivity (Wildman–Crippen MR) is 111 cm³/mol. The lowest BCUT2D eigenvalue weighted by Gasteiger charge is -2.20. The lowest BCUT2D eigenvalue weighted by molar-refractivity contribution is 0.0929. The third-order valence-electron chi connectivity index (χ3n) is 4.67. The van der Waals surface area contributed by atoms with Crippen molar-refractivity contribution in [1.82, 2.24) is 15.1 Å². The minimum Gasteiger partial charge on any atom is -0.486 e. The van der Waals surface area contributed by atoms with Crippen LogP contribution in [0.5, 0.6) is 11.5 Å². The van der Waals surface area contributed by atoms with Crippen molar-refractivity contribution >= 4 is 17.2 Å². The molecule has 8 heteroatoms. The molecule has 0 bridgehead atoms. The van der Waals surface area contributed by atoms with Gasteiger partial charge in [0.05, 0.1) is 11.4 Å². The lowest BCUT2D eigenvalue weighted by atomic mass is 10.1. The van der Waals surface area contributed by atoms with Crippen molar-refractivity contribution in [3.63, 3.8) is 0 Å². The Hall–Kier alpha value is -3.13. The molecule has 1 N–H and O–H groups in total. The highest BCUT2D eigenvalue weighted by Gasteiger charge is 2.18. The van der Waals surface area contributed by atoms with E-state index in [9.17, 15) is 9.59 Å². The maximum atomic E-state index is 12.7. The normalized spacial score (nSPS) is 13.7. The molecule has 7 nitrogen and oxygen atoms in total. The first-order valence-corrected chi connectivity index (χ1v) is 10.3. The van der Waals surface area contributed by atoms with Crippen LogP contribution < -0.4 is 20.3 Å². The van der Waals surface area contributed by atoms with Crippen LogP contribution in [0.15, 0.2) is 52.6 Å². The van der Waals surface area contributed by atoms with Crippen molar-refractivity contribution in [2.45, 2.75) is 25.9 Å². The number of rotatable bonds is 6. The molecule has 1 amide bonds. The van der Waals surface area contributed by atoms with E-state index < -0.39 is 0 Å². The molecule has 1 atom stereocenters. The Bertz CT molecular complexity index is 1060. The Morgan fingerprint density at radius 3 is 2.79 bits per heavy atom. The van der Waals surface area contributed by atoms with E-state index >= 15 is 0 Å². The molecular formula is C21H21N3O4S. The topological polar surface area (TPSA) is 82.5 Å². The van der Waals surface area contributed by atoms with Crippen LogP contribution in [0.2, 0.25) is 0 Å². The van der Waals surface area contributed by atoms with E-state index in [4.69, 9.17) is 9.47 Å². The molecule has 3 heterocycles. The highest BCUT2D eigenvalue weighted by molar-refractivity contribution is 7.13. The summed E-state index contributed by atoms with van der Waals surface area (Å²) >= 11 is 1.56. The molecule has 0 fully saturated rings. The zero-order valence-corrected chi connectivity index (χ0v) is 16.8. The average Bonchev–Trinajstić information content (AvgIpc) is 3.29. The van der Waals surface area contributed by atoms with Crippen LogP contribution in [-0.4, -0.2) is 34.9 Å². The van der Waals surface area contributed by atoms with Crippen LogP contribution >= 0.6 is 11.3 Å². The molecule has 0 radical (unpaired) electrons. The number of amides is 1. The molecule has 1 aliphatic heterocycles. The second-order valence-corrected chi connectivity index (χ2v) is 7.60. The zero-order chi connectivity index (χ0) is 20.2. The minimum atomic E-state index is -0.237. The molecule has 1 aromatic carbocycles. The molecule has 0 spiro atoms. The smallest absolute Gasteiger partial charge is 0.266 e. The first-order chi connectivity index (χ1) is 14.1. The minimum absolute atomic E-state index is 0.197. The number of hydrogen-bond donors (Lipinski definition) is 1. The first kappa shape index (κ1) is 19.2. The zero-order valence-electron chi connectivity index (χ0n) is 16.0. The van der Waals surface area contributed by atoms with Gasteiger partial charge in [0.1, 0.15) is 18.9 Å². The third-order valence-corrected chi connectivity index (χ3v) is 5.56. The van der Waals surface area contributed by atoms with E-state index in [1.807, 2.05) is 24.4 Å². The highest BCUT2D eigenvalue weighted by Crippen LogP contribution is 2.30. The first-order valence-electron chi connectivity index (χ1n) is 9.46. The van der Waals surface area contributed by atoms with Crippen molar-refractivity contribution in [3.05, 3.63) is 63.8 Å². The fraction of sp³-hybridized carbons (Fsp3) is 0.286. The summed E-state index contributed by atoms with van der Waals surface area (Å²) in [5.74, 6) is 0.982. The van der Waals surface area contributed by atoms with Gasteiger partial charge in [0.2, 0.25) is 0 Å². The SMILES string of the molecule is CC[C@@H](Cn1nc(-c2cccs2)ccc1=O)NC(=O)c1ccc2c(c1)OCCO2. The molecule has 0 unspecified atom stereocenters. The molecule has 0 saturated carbocycles. The van der Waals surface area contributed by atoms with E-state index in [1.165, 1.54) is 10.7 Å². The second-order valence-electron chi connectivity index (χ2n) is 6.65. The van der Waals surface area contributed by atoms with Crippen molar-refractivity contribution < 1.29 is 14.3 Å². The fourth-order valence-electron chi connectivity index (χ4n) is 3.07. The van der Waals surface area contributed by atoms with Crippen molar-refractivity contribution in [2.75, 3.05) is 13.2 Å². The monoisotopic (exact) mass is 411 g/mol. The standard InChI is InChI=1S/C21H21N3O4S/c1-2-15(13-24-20(25)8-6-16(23-24)19-4-3-11-29-19)22-21(26)14-5-7-17-18(12-14)28-10-9-27-17/h3-8,11-12,15H,2,9-10,13H2,1H3,(H,22,26)/t15-/m0/s1. The summed E-state index contributed by atoms with van der Waals surface area (Å²) in [6.07, 6.45) is 0.660. The number of ether oxygens (including phenoxy) is 2. The quantitative estimate of drug-likeness (QED) is 0.674. The number of aromatic nitrogens is 2. The van der Waals surface area contributed by atoms with Gasteiger partial charge >= 0.3 is 0 Å². The number of benzene rings is 1. The largest absolute Gasteiger partial charge is 0.486 e. The molecule has 3 aromatic rings. The van der Waals surface area contributed by atoms with Crippen LogP contribution in [0.3, 0.4) is 0 Å². The third kappa shape index (κ3) is 4.32. The number of thiophene rings is 1. The van der Waals surface area contributed by atoms with Gasteiger partial charge in [-0.25, -0.2) is 4.68 Å². The van der Waals surface area contributed by atoms with Gasteiger partial charge < -0.3 is 14.8 Å². The Labute approximate surface area is 171 Å². The summed E-state index contributed by atoms with van der Waals surface area (Å²) in [4.78, 5) is 26.0. The molecule has 4 rings (SSSR count). The molecule has 0 saturated heterocycles. The van der Waals surface area contributed by atoms with E-state index in [0.717, 1.165) is 10.6 Å². The van der Waals surface area contributed by atoms with E-state index in [0.29, 0.717) is 43.2 Å². The molecule has 1 aliphatic rings. The van der Waals surface area contributed by atoms with Gasteiger partial charge in [0.15, 0.2) is 11.5 Å². The van der Waals surface area contributed by atoms with Crippen LogP contribution in [0.25, 0.3) is 10.6 Å². The van der Waals surface area contributed by atoms with Gasteiger partial charge in [-0.15, -0.1) is 11.3 Å². The van der Waals surface area contributed by atoms with Crippen LogP contribution in [0, 0.1) is 0 Å². The van der Waals surface area contributed by atoms with E-state index in [1.54, 1.807) is 35.6 Å². The van der Waals surface area contributed by atoms with Crippen molar-refractivity contribution in [2.24, 2.45) is 0 Å². The van der Waals surface area contributed by atoms with Crippen LogP contribution in [0.4, 0.5) is 0 Å². The van der Waals surface area contributed by atoms with Crippen LogP contribution in [0.1, 0.15) is 23.7 Å². The summed E-state index contributed by atoms with van der Waals surface area (Å²) < 4.78 is 12.4. The Balaban J connectivity index is 1.49. The maximum absolute atomic E-state index is 12.7. The predicted octanol–water partition coefficient (Wildman–Crippen LogP) is 2.95. The Morgan fingerprint density at radius 1 is 1.21 bits per heavy atom. The molecule has 29 heavy (non-hydrogen) atoms. The van der Waals surface area contributed by atoms with E-state index in [2.05, 4.69) is 10.4 Å². The maximum Gasteiger partial charge on any atom is 0.266 e. The second kappa shape index (κ2) is 8.48.